The van der Waals surface area contributed by atoms with Crippen molar-refractivity contribution in [1.82, 2.24) is 4.90 Å². The summed E-state index contributed by atoms with van der Waals surface area (Å²) in [5.41, 5.74) is 1.41. The number of hydrogen-bond acceptors (Lipinski definition) is 8. The predicted octanol–water partition coefficient (Wildman–Crippen LogP) is 3.21. The molecule has 4 aliphatic heterocycles. The highest BCUT2D eigenvalue weighted by Gasteiger charge is 2.57. The Morgan fingerprint density at radius 3 is 2.62 bits per heavy atom. The molecule has 210 valence electrons. The van der Waals surface area contributed by atoms with Crippen LogP contribution < -0.4 is 0 Å². The number of fused-ring (bicyclic) bond motifs is 4. The lowest BCUT2D eigenvalue weighted by atomic mass is 9.68. The van der Waals surface area contributed by atoms with Gasteiger partial charge in [-0.2, -0.15) is 0 Å². The Morgan fingerprint density at radius 2 is 1.92 bits per heavy atom. The molecule has 2 saturated heterocycles. The SMILES string of the molecule is CCC(O)C1C2CCC(c3ccccc3)C2CC2C3C(=CCCN21)OC(=C1OC(=O)C(CO)=C1OC)C3CO. The summed E-state index contributed by atoms with van der Waals surface area (Å²) in [5.74, 6) is 1.45. The number of benzene rings is 1. The Labute approximate surface area is 229 Å². The second-order valence-electron chi connectivity index (χ2n) is 11.5. The Balaban J connectivity index is 1.42. The molecule has 4 heterocycles. The number of aliphatic hydroxyl groups is 3. The molecule has 8 atom stereocenters. The maximum absolute atomic E-state index is 12.5. The number of esters is 1. The van der Waals surface area contributed by atoms with Crippen LogP contribution in [0.4, 0.5) is 0 Å². The van der Waals surface area contributed by atoms with E-state index in [2.05, 4.69) is 48.2 Å². The van der Waals surface area contributed by atoms with Crippen LogP contribution in [0.25, 0.3) is 0 Å². The van der Waals surface area contributed by atoms with Crippen molar-refractivity contribution in [3.05, 3.63) is 70.6 Å². The molecule has 1 aliphatic carbocycles. The van der Waals surface area contributed by atoms with Crippen molar-refractivity contribution in [1.29, 1.82) is 0 Å². The lowest BCUT2D eigenvalue weighted by Gasteiger charge is -2.52. The number of carbonyl (C=O) groups is 1. The zero-order valence-electron chi connectivity index (χ0n) is 22.7. The molecule has 5 aliphatic rings. The number of methoxy groups -OCH3 is 1. The highest BCUT2D eigenvalue weighted by molar-refractivity contribution is 5.94. The normalized spacial score (nSPS) is 36.9. The van der Waals surface area contributed by atoms with Gasteiger partial charge in [-0.05, 0) is 61.5 Å². The molecule has 0 aromatic heterocycles. The first-order valence-corrected chi connectivity index (χ1v) is 14.3. The van der Waals surface area contributed by atoms with Crippen LogP contribution in [-0.2, 0) is 19.0 Å². The maximum atomic E-state index is 12.5. The second kappa shape index (κ2) is 10.7. The standard InChI is InChI=1S/C31H39NO7/c1-3-24(35)27-19-12-11-18(17-8-5-4-6-9-17)20(19)14-23-26-21(15-33)29(38-25(26)10-7-13-32(23)27)30-28(37-2)22(16-34)31(36)39-30/h4-6,8-10,18-21,23-24,26-27,33-35H,3,7,11-16H2,1-2H3. The fraction of sp³-hybridized carbons (Fsp3) is 0.581. The van der Waals surface area contributed by atoms with Crippen LogP contribution >= 0.6 is 0 Å². The van der Waals surface area contributed by atoms with Gasteiger partial charge in [-0.25, -0.2) is 4.79 Å². The summed E-state index contributed by atoms with van der Waals surface area (Å²) < 4.78 is 17.4. The van der Waals surface area contributed by atoms with Gasteiger partial charge >= 0.3 is 5.97 Å². The minimum Gasteiger partial charge on any atom is -0.492 e. The molecular weight excluding hydrogens is 498 g/mol. The van der Waals surface area contributed by atoms with Crippen LogP contribution in [-0.4, -0.2) is 71.2 Å². The maximum Gasteiger partial charge on any atom is 0.345 e. The molecule has 0 bridgehead atoms. The van der Waals surface area contributed by atoms with Gasteiger partial charge in [0.25, 0.3) is 0 Å². The third-order valence-corrected chi connectivity index (χ3v) is 9.86. The van der Waals surface area contributed by atoms with E-state index in [1.807, 2.05) is 0 Å². The van der Waals surface area contributed by atoms with Gasteiger partial charge in [-0.3, -0.25) is 4.90 Å². The zero-order valence-corrected chi connectivity index (χ0v) is 22.7. The summed E-state index contributed by atoms with van der Waals surface area (Å²) in [6.45, 7) is 2.18. The molecule has 0 spiro atoms. The summed E-state index contributed by atoms with van der Waals surface area (Å²) in [6, 6.07) is 10.8. The summed E-state index contributed by atoms with van der Waals surface area (Å²) in [4.78, 5) is 15.0. The Bertz CT molecular complexity index is 1190. The van der Waals surface area contributed by atoms with Gasteiger partial charge in [-0.1, -0.05) is 37.3 Å². The first-order valence-electron chi connectivity index (χ1n) is 14.3. The van der Waals surface area contributed by atoms with Gasteiger partial charge < -0.3 is 29.5 Å². The van der Waals surface area contributed by atoms with Gasteiger partial charge in [0, 0.05) is 24.5 Å². The van der Waals surface area contributed by atoms with Crippen LogP contribution in [0.3, 0.4) is 0 Å². The van der Waals surface area contributed by atoms with E-state index in [9.17, 15) is 20.1 Å². The van der Waals surface area contributed by atoms with E-state index in [4.69, 9.17) is 14.2 Å². The molecule has 3 N–H and O–H groups in total. The highest BCUT2D eigenvalue weighted by Crippen LogP contribution is 2.57. The third kappa shape index (κ3) is 4.24. The number of hydrogen-bond donors (Lipinski definition) is 3. The monoisotopic (exact) mass is 537 g/mol. The Hall–Kier alpha value is -2.65. The van der Waals surface area contributed by atoms with E-state index in [0.29, 0.717) is 29.9 Å². The molecule has 0 radical (unpaired) electrons. The quantitative estimate of drug-likeness (QED) is 0.475. The number of cyclic esters (lactones) is 1. The van der Waals surface area contributed by atoms with Gasteiger partial charge in [0.05, 0.1) is 32.3 Å². The summed E-state index contributed by atoms with van der Waals surface area (Å²) in [6.07, 6.45) is 6.26. The summed E-state index contributed by atoms with van der Waals surface area (Å²) in [5, 5.41) is 31.9. The molecule has 8 nitrogen and oxygen atoms in total. The fourth-order valence-electron chi connectivity index (χ4n) is 8.25. The first kappa shape index (κ1) is 26.6. The fourth-order valence-corrected chi connectivity index (χ4v) is 8.25. The van der Waals surface area contributed by atoms with E-state index >= 15 is 0 Å². The zero-order chi connectivity index (χ0) is 27.3. The number of nitrogens with zero attached hydrogens (tertiary/aromatic N) is 1. The number of rotatable bonds is 6. The van der Waals surface area contributed by atoms with E-state index in [0.717, 1.165) is 38.0 Å². The second-order valence-corrected chi connectivity index (χ2v) is 11.5. The number of carbonyl (C=O) groups excluding carboxylic acids is 1. The first-order chi connectivity index (χ1) is 19.0. The topological polar surface area (TPSA) is 109 Å². The van der Waals surface area contributed by atoms with Crippen molar-refractivity contribution in [2.75, 3.05) is 26.9 Å². The Morgan fingerprint density at radius 1 is 1.13 bits per heavy atom. The van der Waals surface area contributed by atoms with Gasteiger partial charge in [-0.15, -0.1) is 0 Å². The number of aliphatic hydroxyl groups excluding tert-OH is 3. The van der Waals surface area contributed by atoms with Crippen LogP contribution in [0.2, 0.25) is 0 Å². The molecule has 1 aromatic carbocycles. The van der Waals surface area contributed by atoms with Gasteiger partial charge in [0.15, 0.2) is 11.5 Å². The average Bonchev–Trinajstić information content (AvgIpc) is 3.61. The smallest absolute Gasteiger partial charge is 0.345 e. The van der Waals surface area contributed by atoms with Gasteiger partial charge in [0.2, 0.25) is 5.76 Å². The summed E-state index contributed by atoms with van der Waals surface area (Å²) in [7, 11) is 1.43. The molecule has 39 heavy (non-hydrogen) atoms. The minimum atomic E-state index is -0.664. The predicted molar refractivity (Wildman–Crippen MR) is 143 cm³/mol. The third-order valence-electron chi connectivity index (χ3n) is 9.86. The molecule has 1 aromatic rings. The van der Waals surface area contributed by atoms with Crippen molar-refractivity contribution < 1.29 is 34.3 Å². The van der Waals surface area contributed by atoms with Crippen molar-refractivity contribution >= 4 is 5.97 Å². The molecule has 8 unspecified atom stereocenters. The lowest BCUT2D eigenvalue weighted by molar-refractivity contribution is -0.134. The molecule has 3 fully saturated rings. The van der Waals surface area contributed by atoms with Crippen molar-refractivity contribution in [3.8, 4) is 0 Å². The lowest BCUT2D eigenvalue weighted by Crippen LogP contribution is -2.60. The molecule has 1 saturated carbocycles. The van der Waals surface area contributed by atoms with Crippen LogP contribution in [0.5, 0.6) is 0 Å². The van der Waals surface area contributed by atoms with E-state index in [-0.39, 0.29) is 41.7 Å². The van der Waals surface area contributed by atoms with Crippen molar-refractivity contribution in [2.24, 2.45) is 23.7 Å². The Kier molecular flexibility index (Phi) is 7.31. The van der Waals surface area contributed by atoms with Gasteiger partial charge in [0.1, 0.15) is 11.3 Å². The minimum absolute atomic E-state index is 0.0380. The van der Waals surface area contributed by atoms with E-state index in [1.165, 1.54) is 12.7 Å². The summed E-state index contributed by atoms with van der Waals surface area (Å²) >= 11 is 0. The number of ether oxygens (including phenoxy) is 3. The van der Waals surface area contributed by atoms with E-state index in [1.54, 1.807) is 0 Å². The largest absolute Gasteiger partial charge is 0.492 e. The van der Waals surface area contributed by atoms with E-state index < -0.39 is 24.6 Å². The van der Waals surface area contributed by atoms with Crippen molar-refractivity contribution in [3.63, 3.8) is 0 Å². The molecule has 0 amide bonds. The molecular formula is C31H39NO7. The van der Waals surface area contributed by atoms with Crippen LogP contribution in [0.15, 0.2) is 65.0 Å². The number of piperidine rings is 1. The van der Waals surface area contributed by atoms with Crippen molar-refractivity contribution in [2.45, 2.75) is 63.1 Å². The molecule has 8 heteroatoms. The molecule has 6 rings (SSSR count). The van der Waals surface area contributed by atoms with Crippen LogP contribution in [0, 0.1) is 23.7 Å². The average molecular weight is 538 g/mol. The van der Waals surface area contributed by atoms with Crippen LogP contribution in [0.1, 0.15) is 50.5 Å². The highest BCUT2D eigenvalue weighted by atomic mass is 16.6.